The number of rotatable bonds is 4. The third kappa shape index (κ3) is 3.08. The number of fused-ring (bicyclic) bond motifs is 1. The molecule has 0 bridgehead atoms. The lowest BCUT2D eigenvalue weighted by Crippen LogP contribution is -2.18. The average molecular weight is 353 g/mol. The van der Waals surface area contributed by atoms with Crippen LogP contribution in [0.15, 0.2) is 48.8 Å². The lowest BCUT2D eigenvalue weighted by molar-refractivity contribution is 0.876. The zero-order valence-electron chi connectivity index (χ0n) is 13.9. The fraction of sp³-hybridized carbons (Fsp3) is 0.167. The quantitative estimate of drug-likeness (QED) is 0.608. The van der Waals surface area contributed by atoms with E-state index in [4.69, 9.17) is 16.6 Å². The van der Waals surface area contributed by atoms with Crippen LogP contribution in [0, 0.1) is 6.92 Å². The van der Waals surface area contributed by atoms with Crippen molar-refractivity contribution >= 4 is 23.1 Å². The van der Waals surface area contributed by atoms with Gasteiger partial charge in [0.1, 0.15) is 5.82 Å². The maximum absolute atomic E-state index is 6.09. The highest BCUT2D eigenvalue weighted by Gasteiger charge is 2.13. The molecule has 4 aromatic rings. The molecule has 6 nitrogen and oxygen atoms in total. The molecule has 0 unspecified atom stereocenters. The van der Waals surface area contributed by atoms with E-state index in [1.807, 2.05) is 55.0 Å². The van der Waals surface area contributed by atoms with Crippen LogP contribution in [0.25, 0.3) is 16.9 Å². The largest absolute Gasteiger partial charge is 0.355 e. The second kappa shape index (κ2) is 6.22. The van der Waals surface area contributed by atoms with Gasteiger partial charge in [-0.05, 0) is 24.6 Å². The summed E-state index contributed by atoms with van der Waals surface area (Å²) in [6, 6.07) is 11.9. The molecule has 0 radical (unpaired) electrons. The Morgan fingerprint density at radius 1 is 1.24 bits per heavy atom. The molecule has 0 aliphatic heterocycles. The Kier molecular flexibility index (Phi) is 3.89. The fourth-order valence-corrected chi connectivity index (χ4v) is 3.07. The van der Waals surface area contributed by atoms with Crippen LogP contribution >= 0.6 is 11.6 Å². The summed E-state index contributed by atoms with van der Waals surface area (Å²) < 4.78 is 1.84. The molecule has 0 amide bonds. The number of aromatic nitrogens is 5. The van der Waals surface area contributed by atoms with Gasteiger partial charge in [-0.2, -0.15) is 10.2 Å². The number of H-pyrrole nitrogens is 1. The average Bonchev–Trinajstić information content (AvgIpc) is 3.22. The number of aryl methyl sites for hydroxylation is 1. The molecule has 4 rings (SSSR count). The van der Waals surface area contributed by atoms with E-state index in [1.165, 1.54) is 0 Å². The van der Waals surface area contributed by atoms with Gasteiger partial charge in [0.25, 0.3) is 0 Å². The zero-order chi connectivity index (χ0) is 17.4. The molecule has 0 saturated heterocycles. The first-order chi connectivity index (χ1) is 12.1. The predicted molar refractivity (Wildman–Crippen MR) is 98.9 cm³/mol. The van der Waals surface area contributed by atoms with Crippen LogP contribution in [-0.2, 0) is 6.54 Å². The van der Waals surface area contributed by atoms with Gasteiger partial charge < -0.3 is 4.90 Å². The van der Waals surface area contributed by atoms with E-state index in [-0.39, 0.29) is 0 Å². The molecule has 0 fully saturated rings. The number of nitrogens with zero attached hydrogens (tertiary/aromatic N) is 5. The van der Waals surface area contributed by atoms with Crippen LogP contribution in [0.3, 0.4) is 0 Å². The van der Waals surface area contributed by atoms with Crippen molar-refractivity contribution in [1.29, 1.82) is 0 Å². The number of halogens is 1. The topological polar surface area (TPSA) is 62.1 Å². The van der Waals surface area contributed by atoms with Gasteiger partial charge in [0.05, 0.1) is 17.6 Å². The number of benzene rings is 1. The van der Waals surface area contributed by atoms with Crippen LogP contribution < -0.4 is 4.90 Å². The van der Waals surface area contributed by atoms with Gasteiger partial charge in [-0.15, -0.1) is 0 Å². The van der Waals surface area contributed by atoms with Crippen molar-refractivity contribution in [3.05, 3.63) is 65.1 Å². The molecule has 0 spiro atoms. The van der Waals surface area contributed by atoms with Crippen LogP contribution in [0.5, 0.6) is 0 Å². The number of anilines is 1. The summed E-state index contributed by atoms with van der Waals surface area (Å²) in [4.78, 5) is 6.84. The summed E-state index contributed by atoms with van der Waals surface area (Å²) in [5.74, 6) is 0.864. The second-order valence-corrected chi connectivity index (χ2v) is 6.46. The van der Waals surface area contributed by atoms with Gasteiger partial charge in [-0.3, -0.25) is 5.10 Å². The van der Waals surface area contributed by atoms with Crippen molar-refractivity contribution in [2.75, 3.05) is 11.9 Å². The Labute approximate surface area is 150 Å². The summed E-state index contributed by atoms with van der Waals surface area (Å²) in [5.41, 5.74) is 4.77. The molecule has 0 atom stereocenters. The van der Waals surface area contributed by atoms with Crippen LogP contribution in [0.2, 0.25) is 5.02 Å². The zero-order valence-corrected chi connectivity index (χ0v) is 14.7. The maximum atomic E-state index is 6.09. The van der Waals surface area contributed by atoms with Crippen molar-refractivity contribution in [3.8, 4) is 11.3 Å². The van der Waals surface area contributed by atoms with Crippen LogP contribution in [-0.4, -0.2) is 31.8 Å². The first kappa shape index (κ1) is 15.7. The fourth-order valence-electron chi connectivity index (χ4n) is 2.86. The Bertz CT molecular complexity index is 1020. The van der Waals surface area contributed by atoms with Crippen molar-refractivity contribution in [3.63, 3.8) is 0 Å². The van der Waals surface area contributed by atoms with Gasteiger partial charge in [0, 0.05) is 42.5 Å². The molecular formula is C18H17ClN6. The Balaban J connectivity index is 1.76. The number of hydrogen-bond donors (Lipinski definition) is 1. The monoisotopic (exact) mass is 352 g/mol. The maximum Gasteiger partial charge on any atom is 0.158 e. The minimum absolute atomic E-state index is 0.710. The van der Waals surface area contributed by atoms with Crippen LogP contribution in [0.1, 0.15) is 11.3 Å². The number of hydrogen-bond acceptors (Lipinski definition) is 4. The summed E-state index contributed by atoms with van der Waals surface area (Å²) in [6.45, 7) is 2.67. The van der Waals surface area contributed by atoms with E-state index in [9.17, 15) is 0 Å². The van der Waals surface area contributed by atoms with E-state index in [0.29, 0.717) is 6.54 Å². The third-order valence-corrected chi connectivity index (χ3v) is 4.26. The first-order valence-corrected chi connectivity index (χ1v) is 8.30. The molecule has 126 valence electrons. The van der Waals surface area contributed by atoms with E-state index >= 15 is 0 Å². The SMILES string of the molecule is Cc1cc2nc(N(C)Cc3cccc(Cl)c3)cc(-c3cn[nH]c3)n2n1. The van der Waals surface area contributed by atoms with E-state index < -0.39 is 0 Å². The Morgan fingerprint density at radius 2 is 2.12 bits per heavy atom. The predicted octanol–water partition coefficient (Wildman–Crippen LogP) is 3.72. The minimum Gasteiger partial charge on any atom is -0.355 e. The summed E-state index contributed by atoms with van der Waals surface area (Å²) in [6.07, 6.45) is 3.64. The van der Waals surface area contributed by atoms with Gasteiger partial charge in [-0.1, -0.05) is 23.7 Å². The van der Waals surface area contributed by atoms with Crippen molar-refractivity contribution in [1.82, 2.24) is 24.8 Å². The molecule has 0 aliphatic carbocycles. The molecular weight excluding hydrogens is 336 g/mol. The van der Waals surface area contributed by atoms with E-state index in [2.05, 4.69) is 26.3 Å². The molecule has 3 aromatic heterocycles. The van der Waals surface area contributed by atoms with Crippen molar-refractivity contribution < 1.29 is 0 Å². The highest BCUT2D eigenvalue weighted by atomic mass is 35.5. The van der Waals surface area contributed by atoms with Crippen molar-refractivity contribution in [2.45, 2.75) is 13.5 Å². The third-order valence-electron chi connectivity index (χ3n) is 4.03. The summed E-state index contributed by atoms with van der Waals surface area (Å²) in [5, 5.41) is 12.2. The smallest absolute Gasteiger partial charge is 0.158 e. The van der Waals surface area contributed by atoms with Crippen molar-refractivity contribution in [2.24, 2.45) is 0 Å². The lowest BCUT2D eigenvalue weighted by Gasteiger charge is -2.19. The van der Waals surface area contributed by atoms with Crippen LogP contribution in [0.4, 0.5) is 5.82 Å². The molecule has 1 N–H and O–H groups in total. The van der Waals surface area contributed by atoms with Gasteiger partial charge in [0.2, 0.25) is 0 Å². The van der Waals surface area contributed by atoms with Gasteiger partial charge >= 0.3 is 0 Å². The number of aromatic amines is 1. The van der Waals surface area contributed by atoms with E-state index in [0.717, 1.165) is 39.0 Å². The summed E-state index contributed by atoms with van der Waals surface area (Å²) in [7, 11) is 2.02. The first-order valence-electron chi connectivity index (χ1n) is 7.92. The molecule has 1 aromatic carbocycles. The molecule has 7 heteroatoms. The molecule has 3 heterocycles. The van der Waals surface area contributed by atoms with E-state index in [1.54, 1.807) is 6.20 Å². The highest BCUT2D eigenvalue weighted by molar-refractivity contribution is 6.30. The van der Waals surface area contributed by atoms with Gasteiger partial charge in [0.15, 0.2) is 5.65 Å². The number of nitrogens with one attached hydrogen (secondary N) is 1. The lowest BCUT2D eigenvalue weighted by atomic mass is 10.2. The molecule has 0 aliphatic rings. The Hall–Kier alpha value is -2.86. The second-order valence-electron chi connectivity index (χ2n) is 6.03. The Morgan fingerprint density at radius 3 is 2.88 bits per heavy atom. The molecule has 0 saturated carbocycles. The standard InChI is InChI=1S/C18H17ClN6/c1-12-6-18-22-17(24(2)11-13-4-3-5-15(19)7-13)8-16(25(18)23-12)14-9-20-21-10-14/h3-10H,11H2,1-2H3,(H,20,21). The minimum atomic E-state index is 0.710. The highest BCUT2D eigenvalue weighted by Crippen LogP contribution is 2.25. The van der Waals surface area contributed by atoms with Gasteiger partial charge in [-0.25, -0.2) is 9.50 Å². The molecule has 25 heavy (non-hydrogen) atoms. The summed E-state index contributed by atoms with van der Waals surface area (Å²) >= 11 is 6.09. The normalized spacial score (nSPS) is 11.2.